The van der Waals surface area contributed by atoms with Crippen LogP contribution in [-0.2, 0) is 16.1 Å². The van der Waals surface area contributed by atoms with E-state index in [0.29, 0.717) is 25.3 Å². The lowest BCUT2D eigenvalue weighted by atomic mass is 10.2. The van der Waals surface area contributed by atoms with Crippen molar-refractivity contribution < 1.29 is 14.4 Å². The second kappa shape index (κ2) is 6.38. The number of amides is 4. The zero-order valence-corrected chi connectivity index (χ0v) is 12.1. The maximum absolute atomic E-state index is 12.1. The second-order valence-electron chi connectivity index (χ2n) is 4.98. The molecule has 21 heavy (non-hydrogen) atoms. The fraction of sp³-hybridized carbons (Fsp3) is 0.538. The van der Waals surface area contributed by atoms with Crippen molar-refractivity contribution in [2.45, 2.75) is 32.4 Å². The summed E-state index contributed by atoms with van der Waals surface area (Å²) in [6.07, 6.45) is 3.94. The number of nitrogens with one attached hydrogen (secondary N) is 2. The average molecular weight is 293 g/mol. The standard InChI is InChI=1S/C13H19N5O3/c1-3-6-18-12(20)9(16-13(18)21)7-11(19)17(2)8-10-14-4-5-15-10/h4-5,9H,3,6-8H2,1-2H3,(H,14,15)(H,16,21)/t9-/m0/s1. The number of imide groups is 1. The van der Waals surface area contributed by atoms with Gasteiger partial charge >= 0.3 is 6.03 Å². The van der Waals surface area contributed by atoms with Crippen LogP contribution in [0, 0.1) is 0 Å². The topological polar surface area (TPSA) is 98.4 Å². The molecule has 1 aromatic rings. The van der Waals surface area contributed by atoms with Gasteiger partial charge in [0.2, 0.25) is 5.91 Å². The predicted molar refractivity (Wildman–Crippen MR) is 74.0 cm³/mol. The van der Waals surface area contributed by atoms with E-state index in [2.05, 4.69) is 15.3 Å². The molecule has 1 aliphatic rings. The van der Waals surface area contributed by atoms with Crippen molar-refractivity contribution in [3.05, 3.63) is 18.2 Å². The molecule has 1 aromatic heterocycles. The summed E-state index contributed by atoms with van der Waals surface area (Å²) in [6.45, 7) is 2.59. The number of hydrogen-bond donors (Lipinski definition) is 2. The number of imidazole rings is 1. The van der Waals surface area contributed by atoms with Crippen LogP contribution < -0.4 is 5.32 Å². The van der Waals surface area contributed by atoms with E-state index < -0.39 is 12.1 Å². The minimum absolute atomic E-state index is 0.0397. The van der Waals surface area contributed by atoms with Crippen molar-refractivity contribution in [3.8, 4) is 0 Å². The van der Waals surface area contributed by atoms with Crippen LogP contribution in [0.1, 0.15) is 25.6 Å². The molecule has 0 radical (unpaired) electrons. The third kappa shape index (κ3) is 3.39. The SMILES string of the molecule is CCCN1C(=O)N[C@@H](CC(=O)N(C)Cc2ncc[nH]2)C1=O. The highest BCUT2D eigenvalue weighted by molar-refractivity contribution is 6.05. The van der Waals surface area contributed by atoms with Gasteiger partial charge in [0.1, 0.15) is 11.9 Å². The van der Waals surface area contributed by atoms with Gasteiger partial charge in [0.05, 0.1) is 13.0 Å². The lowest BCUT2D eigenvalue weighted by Gasteiger charge is -2.17. The van der Waals surface area contributed by atoms with Crippen LogP contribution in [0.25, 0.3) is 0 Å². The Morgan fingerprint density at radius 1 is 1.48 bits per heavy atom. The molecular formula is C13H19N5O3. The third-order valence-electron chi connectivity index (χ3n) is 3.30. The first kappa shape index (κ1) is 15.0. The molecule has 4 amide bonds. The van der Waals surface area contributed by atoms with Crippen LogP contribution in [0.4, 0.5) is 4.79 Å². The molecule has 0 bridgehead atoms. The molecule has 0 aliphatic carbocycles. The quantitative estimate of drug-likeness (QED) is 0.726. The van der Waals surface area contributed by atoms with Gasteiger partial charge in [-0.15, -0.1) is 0 Å². The number of carbonyl (C=O) groups is 3. The lowest BCUT2D eigenvalue weighted by molar-refractivity contribution is -0.135. The highest BCUT2D eigenvalue weighted by Gasteiger charge is 2.38. The van der Waals surface area contributed by atoms with E-state index in [4.69, 9.17) is 0 Å². The van der Waals surface area contributed by atoms with Crippen LogP contribution in [0.3, 0.4) is 0 Å². The Morgan fingerprint density at radius 3 is 2.86 bits per heavy atom. The Labute approximate surface area is 122 Å². The monoisotopic (exact) mass is 293 g/mol. The summed E-state index contributed by atoms with van der Waals surface area (Å²) < 4.78 is 0. The molecular weight excluding hydrogens is 274 g/mol. The number of rotatable bonds is 6. The maximum atomic E-state index is 12.1. The molecule has 0 unspecified atom stereocenters. The van der Waals surface area contributed by atoms with Crippen molar-refractivity contribution in [2.75, 3.05) is 13.6 Å². The molecule has 1 aliphatic heterocycles. The zero-order chi connectivity index (χ0) is 15.4. The van der Waals surface area contributed by atoms with Crippen LogP contribution in [0.15, 0.2) is 12.4 Å². The molecule has 8 heteroatoms. The Kier molecular flexibility index (Phi) is 4.56. The van der Waals surface area contributed by atoms with Crippen molar-refractivity contribution >= 4 is 17.8 Å². The predicted octanol–water partition coefficient (Wildman–Crippen LogP) is 0.0886. The summed E-state index contributed by atoms with van der Waals surface area (Å²) in [7, 11) is 1.63. The van der Waals surface area contributed by atoms with Gasteiger partial charge in [-0.2, -0.15) is 0 Å². The number of carbonyl (C=O) groups excluding carboxylic acids is 3. The first-order chi connectivity index (χ1) is 10.0. The molecule has 8 nitrogen and oxygen atoms in total. The zero-order valence-electron chi connectivity index (χ0n) is 12.1. The van der Waals surface area contributed by atoms with E-state index in [1.807, 2.05) is 6.92 Å². The minimum Gasteiger partial charge on any atom is -0.347 e. The van der Waals surface area contributed by atoms with E-state index in [1.54, 1.807) is 19.4 Å². The first-order valence-electron chi connectivity index (χ1n) is 6.87. The first-order valence-corrected chi connectivity index (χ1v) is 6.87. The maximum Gasteiger partial charge on any atom is 0.324 e. The van der Waals surface area contributed by atoms with Crippen molar-refractivity contribution in [2.24, 2.45) is 0 Å². The highest BCUT2D eigenvalue weighted by Crippen LogP contribution is 2.11. The normalized spacial score (nSPS) is 18.0. The molecule has 0 spiro atoms. The summed E-state index contributed by atoms with van der Waals surface area (Å²) in [5.74, 6) is 0.116. The number of aromatic amines is 1. The van der Waals surface area contributed by atoms with Crippen molar-refractivity contribution in [1.82, 2.24) is 25.1 Å². The van der Waals surface area contributed by atoms with Crippen LogP contribution in [0.2, 0.25) is 0 Å². The van der Waals surface area contributed by atoms with Gasteiger partial charge in [0, 0.05) is 26.0 Å². The number of hydrogen-bond acceptors (Lipinski definition) is 4. The number of aromatic nitrogens is 2. The van der Waals surface area contributed by atoms with E-state index in [9.17, 15) is 14.4 Å². The van der Waals surface area contributed by atoms with Gasteiger partial charge in [0.25, 0.3) is 5.91 Å². The Bertz CT molecular complexity index is 528. The summed E-state index contributed by atoms with van der Waals surface area (Å²) in [6, 6.07) is -1.19. The Balaban J connectivity index is 1.90. The fourth-order valence-corrected chi connectivity index (χ4v) is 2.18. The molecule has 0 saturated carbocycles. The molecule has 114 valence electrons. The Hall–Kier alpha value is -2.38. The van der Waals surface area contributed by atoms with E-state index in [-0.39, 0.29) is 18.2 Å². The van der Waals surface area contributed by atoms with Gasteiger partial charge in [0.15, 0.2) is 0 Å². The van der Waals surface area contributed by atoms with Crippen molar-refractivity contribution in [1.29, 1.82) is 0 Å². The van der Waals surface area contributed by atoms with Crippen molar-refractivity contribution in [3.63, 3.8) is 0 Å². The summed E-state index contributed by atoms with van der Waals surface area (Å²) in [5, 5.41) is 2.55. The summed E-state index contributed by atoms with van der Waals surface area (Å²) in [5.41, 5.74) is 0. The van der Waals surface area contributed by atoms with Crippen LogP contribution in [-0.4, -0.2) is 57.2 Å². The average Bonchev–Trinajstić information content (AvgIpc) is 3.03. The molecule has 1 fully saturated rings. The van der Waals surface area contributed by atoms with Gasteiger partial charge in [-0.3, -0.25) is 14.5 Å². The van der Waals surface area contributed by atoms with Crippen LogP contribution >= 0.6 is 0 Å². The number of urea groups is 1. The lowest BCUT2D eigenvalue weighted by Crippen LogP contribution is -2.37. The smallest absolute Gasteiger partial charge is 0.324 e. The molecule has 0 aromatic carbocycles. The van der Waals surface area contributed by atoms with Crippen LogP contribution in [0.5, 0.6) is 0 Å². The Morgan fingerprint density at radius 2 is 2.24 bits per heavy atom. The number of H-pyrrole nitrogens is 1. The van der Waals surface area contributed by atoms with E-state index in [0.717, 1.165) is 4.90 Å². The third-order valence-corrected chi connectivity index (χ3v) is 3.30. The molecule has 1 saturated heterocycles. The van der Waals surface area contributed by atoms with E-state index in [1.165, 1.54) is 4.90 Å². The highest BCUT2D eigenvalue weighted by atomic mass is 16.2. The van der Waals surface area contributed by atoms with Gasteiger partial charge < -0.3 is 15.2 Å². The molecule has 2 N–H and O–H groups in total. The number of nitrogens with zero attached hydrogens (tertiary/aromatic N) is 3. The summed E-state index contributed by atoms with van der Waals surface area (Å²) >= 11 is 0. The molecule has 1 atom stereocenters. The minimum atomic E-state index is -0.768. The largest absolute Gasteiger partial charge is 0.347 e. The van der Waals surface area contributed by atoms with Gasteiger partial charge in [-0.1, -0.05) is 6.92 Å². The fourth-order valence-electron chi connectivity index (χ4n) is 2.18. The second-order valence-corrected chi connectivity index (χ2v) is 4.98. The molecule has 2 heterocycles. The van der Waals surface area contributed by atoms with Gasteiger partial charge in [-0.05, 0) is 6.42 Å². The van der Waals surface area contributed by atoms with Gasteiger partial charge in [-0.25, -0.2) is 9.78 Å². The van der Waals surface area contributed by atoms with E-state index >= 15 is 0 Å². The summed E-state index contributed by atoms with van der Waals surface area (Å²) in [4.78, 5) is 45.4. The molecule has 2 rings (SSSR count).